The fourth-order valence-electron chi connectivity index (χ4n) is 3.84. The molecule has 29 heavy (non-hydrogen) atoms. The van der Waals surface area contributed by atoms with E-state index < -0.39 is 0 Å². The molecular formula is C23H27N3O2S. The molecule has 1 aliphatic carbocycles. The van der Waals surface area contributed by atoms with E-state index in [1.165, 1.54) is 22.4 Å². The summed E-state index contributed by atoms with van der Waals surface area (Å²) in [6.45, 7) is 6.49. The first-order chi connectivity index (χ1) is 13.8. The quantitative estimate of drug-likeness (QED) is 0.654. The van der Waals surface area contributed by atoms with Crippen molar-refractivity contribution >= 4 is 33.1 Å². The van der Waals surface area contributed by atoms with Crippen molar-refractivity contribution in [2.75, 3.05) is 5.32 Å². The standard InChI is InChI=1S/C23H27N3O2S/c1-23(2,3)14-8-10-15(11-9-14)24-19(27)13-12-18-25-21(28)20-16-6-4-5-7-17(16)29-22(20)26-18/h8-11H,4-7,12-13H2,1-3H3,(H,24,27)(H,25,26,28). The van der Waals surface area contributed by atoms with Gasteiger partial charge in [0.2, 0.25) is 5.91 Å². The highest BCUT2D eigenvalue weighted by molar-refractivity contribution is 7.18. The largest absolute Gasteiger partial charge is 0.326 e. The van der Waals surface area contributed by atoms with E-state index in [9.17, 15) is 9.59 Å². The number of H-pyrrole nitrogens is 1. The normalized spacial score (nSPS) is 14.0. The van der Waals surface area contributed by atoms with Crippen LogP contribution in [0.15, 0.2) is 29.1 Å². The molecule has 1 aliphatic rings. The van der Waals surface area contributed by atoms with E-state index in [1.54, 1.807) is 11.3 Å². The van der Waals surface area contributed by atoms with E-state index in [0.29, 0.717) is 12.2 Å². The van der Waals surface area contributed by atoms with Crippen molar-refractivity contribution in [3.8, 4) is 0 Å². The first-order valence-corrected chi connectivity index (χ1v) is 11.1. The van der Waals surface area contributed by atoms with Crippen LogP contribution in [0.5, 0.6) is 0 Å². The number of rotatable bonds is 4. The molecule has 0 radical (unpaired) electrons. The molecule has 0 unspecified atom stereocenters. The summed E-state index contributed by atoms with van der Waals surface area (Å²) in [6, 6.07) is 7.95. The highest BCUT2D eigenvalue weighted by atomic mass is 32.1. The molecule has 3 aromatic rings. The summed E-state index contributed by atoms with van der Waals surface area (Å²) >= 11 is 1.64. The molecule has 4 rings (SSSR count). The lowest BCUT2D eigenvalue weighted by Gasteiger charge is -2.19. The third-order valence-corrected chi connectivity index (χ3v) is 6.68. The molecule has 0 atom stereocenters. The summed E-state index contributed by atoms with van der Waals surface area (Å²) in [4.78, 5) is 34.6. The van der Waals surface area contributed by atoms with Gasteiger partial charge in [-0.1, -0.05) is 32.9 Å². The number of nitrogens with one attached hydrogen (secondary N) is 2. The highest BCUT2D eigenvalue weighted by Gasteiger charge is 2.20. The Labute approximate surface area is 174 Å². The molecule has 2 heterocycles. The Morgan fingerprint density at radius 2 is 1.90 bits per heavy atom. The average molecular weight is 410 g/mol. The van der Waals surface area contributed by atoms with Gasteiger partial charge in [-0.05, 0) is 54.4 Å². The van der Waals surface area contributed by atoms with Crippen molar-refractivity contribution in [3.63, 3.8) is 0 Å². The van der Waals surface area contributed by atoms with E-state index in [0.717, 1.165) is 35.2 Å². The number of carbonyl (C=O) groups excluding carboxylic acids is 1. The number of amides is 1. The van der Waals surface area contributed by atoms with Gasteiger partial charge >= 0.3 is 0 Å². The fourth-order valence-corrected chi connectivity index (χ4v) is 5.12. The number of hydrogen-bond donors (Lipinski definition) is 2. The van der Waals surface area contributed by atoms with Gasteiger partial charge in [0.25, 0.3) is 5.56 Å². The molecule has 0 spiro atoms. The minimum Gasteiger partial charge on any atom is -0.326 e. The second kappa shape index (κ2) is 7.75. The van der Waals surface area contributed by atoms with Crippen LogP contribution in [0.4, 0.5) is 5.69 Å². The summed E-state index contributed by atoms with van der Waals surface area (Å²) in [7, 11) is 0. The number of aryl methyl sites for hydroxylation is 3. The van der Waals surface area contributed by atoms with E-state index in [2.05, 4.69) is 36.1 Å². The number of thiophene rings is 1. The van der Waals surface area contributed by atoms with Crippen LogP contribution in [0.25, 0.3) is 10.2 Å². The van der Waals surface area contributed by atoms with Gasteiger partial charge in [-0.25, -0.2) is 4.98 Å². The molecule has 2 aromatic heterocycles. The Bertz CT molecular complexity index is 1100. The lowest BCUT2D eigenvalue weighted by Crippen LogP contribution is -2.17. The summed E-state index contributed by atoms with van der Waals surface area (Å²) in [5.74, 6) is 0.501. The van der Waals surface area contributed by atoms with Crippen LogP contribution in [0.2, 0.25) is 0 Å². The van der Waals surface area contributed by atoms with Gasteiger partial charge in [-0.2, -0.15) is 0 Å². The first-order valence-electron chi connectivity index (χ1n) is 10.2. The van der Waals surface area contributed by atoms with Gasteiger partial charge < -0.3 is 10.3 Å². The first kappa shape index (κ1) is 19.8. The fraction of sp³-hybridized carbons (Fsp3) is 0.435. The zero-order valence-corrected chi connectivity index (χ0v) is 18.0. The lowest BCUT2D eigenvalue weighted by molar-refractivity contribution is -0.116. The molecule has 152 valence electrons. The number of nitrogens with zero attached hydrogens (tertiary/aromatic N) is 1. The van der Waals surface area contributed by atoms with Crippen molar-refractivity contribution in [1.29, 1.82) is 0 Å². The number of fused-ring (bicyclic) bond motifs is 3. The maximum Gasteiger partial charge on any atom is 0.259 e. The van der Waals surface area contributed by atoms with Crippen LogP contribution < -0.4 is 10.9 Å². The molecule has 0 aliphatic heterocycles. The number of anilines is 1. The number of carbonyl (C=O) groups is 1. The molecule has 0 fully saturated rings. The monoisotopic (exact) mass is 409 g/mol. The third-order valence-electron chi connectivity index (χ3n) is 5.50. The van der Waals surface area contributed by atoms with Gasteiger partial charge in [0.1, 0.15) is 10.7 Å². The minimum absolute atomic E-state index is 0.0671. The van der Waals surface area contributed by atoms with Crippen LogP contribution in [-0.2, 0) is 29.5 Å². The van der Waals surface area contributed by atoms with E-state index in [-0.39, 0.29) is 23.3 Å². The SMILES string of the molecule is CC(C)(C)c1ccc(NC(=O)CCc2nc3sc4c(c3c(=O)[nH]2)CCCC4)cc1. The Balaban J connectivity index is 1.43. The maximum absolute atomic E-state index is 12.6. The van der Waals surface area contributed by atoms with Crippen molar-refractivity contribution < 1.29 is 4.79 Å². The van der Waals surface area contributed by atoms with Crippen molar-refractivity contribution in [2.24, 2.45) is 0 Å². The topological polar surface area (TPSA) is 74.8 Å². The van der Waals surface area contributed by atoms with Crippen LogP contribution in [0.1, 0.15) is 61.9 Å². The number of aromatic nitrogens is 2. The third kappa shape index (κ3) is 4.27. The summed E-state index contributed by atoms with van der Waals surface area (Å²) in [5.41, 5.74) is 3.21. The number of hydrogen-bond acceptors (Lipinski definition) is 4. The minimum atomic E-state index is -0.0817. The van der Waals surface area contributed by atoms with Gasteiger partial charge in [-0.3, -0.25) is 9.59 Å². The molecule has 6 heteroatoms. The van der Waals surface area contributed by atoms with Crippen LogP contribution >= 0.6 is 11.3 Å². The molecule has 2 N–H and O–H groups in total. The average Bonchev–Trinajstić information content (AvgIpc) is 3.05. The Hall–Kier alpha value is -2.47. The maximum atomic E-state index is 12.6. The van der Waals surface area contributed by atoms with E-state index in [4.69, 9.17) is 0 Å². The predicted molar refractivity (Wildman–Crippen MR) is 119 cm³/mol. The molecule has 0 saturated heterocycles. The van der Waals surface area contributed by atoms with Crippen molar-refractivity contribution in [1.82, 2.24) is 9.97 Å². The highest BCUT2D eigenvalue weighted by Crippen LogP contribution is 2.33. The van der Waals surface area contributed by atoms with Gasteiger partial charge in [0.15, 0.2) is 0 Å². The summed E-state index contributed by atoms with van der Waals surface area (Å²) < 4.78 is 0. The molecule has 0 saturated carbocycles. The molecule has 1 amide bonds. The predicted octanol–water partition coefficient (Wildman–Crippen LogP) is 4.73. The smallest absolute Gasteiger partial charge is 0.259 e. The van der Waals surface area contributed by atoms with Crippen LogP contribution in [0.3, 0.4) is 0 Å². The molecule has 0 bridgehead atoms. The second-order valence-electron chi connectivity index (χ2n) is 8.78. The Kier molecular flexibility index (Phi) is 5.30. The second-order valence-corrected chi connectivity index (χ2v) is 9.86. The summed E-state index contributed by atoms with van der Waals surface area (Å²) in [5, 5.41) is 3.69. The van der Waals surface area contributed by atoms with Crippen LogP contribution in [-0.4, -0.2) is 15.9 Å². The Morgan fingerprint density at radius 3 is 2.62 bits per heavy atom. The van der Waals surface area contributed by atoms with Crippen molar-refractivity contribution in [3.05, 3.63) is 56.4 Å². The number of benzene rings is 1. The Morgan fingerprint density at radius 1 is 1.17 bits per heavy atom. The zero-order chi connectivity index (χ0) is 20.6. The molecule has 1 aromatic carbocycles. The lowest BCUT2D eigenvalue weighted by atomic mass is 9.87. The van der Waals surface area contributed by atoms with Gasteiger partial charge in [-0.15, -0.1) is 11.3 Å². The zero-order valence-electron chi connectivity index (χ0n) is 17.2. The number of aromatic amines is 1. The van der Waals surface area contributed by atoms with Crippen molar-refractivity contribution in [2.45, 2.75) is 64.7 Å². The van der Waals surface area contributed by atoms with Gasteiger partial charge in [0, 0.05) is 23.4 Å². The van der Waals surface area contributed by atoms with E-state index in [1.807, 2.05) is 24.3 Å². The molecular weight excluding hydrogens is 382 g/mol. The molecule has 5 nitrogen and oxygen atoms in total. The van der Waals surface area contributed by atoms with Gasteiger partial charge in [0.05, 0.1) is 5.39 Å². The van der Waals surface area contributed by atoms with Crippen LogP contribution in [0, 0.1) is 0 Å². The summed E-state index contributed by atoms with van der Waals surface area (Å²) in [6.07, 6.45) is 5.02. The van der Waals surface area contributed by atoms with E-state index >= 15 is 0 Å².